The molecule has 1 nitrogen and oxygen atoms in total. The van der Waals surface area contributed by atoms with Crippen LogP contribution in [0.3, 0.4) is 0 Å². The molecule has 2 rings (SSSR count). The first kappa shape index (κ1) is 7.47. The van der Waals surface area contributed by atoms with Crippen molar-refractivity contribution in [1.29, 1.82) is 0 Å². The van der Waals surface area contributed by atoms with E-state index in [1.165, 1.54) is 0 Å². The minimum Gasteiger partial charge on any atom is -0.393 e. The Morgan fingerprint density at radius 2 is 2.00 bits per heavy atom. The molecule has 0 aliphatic heterocycles. The van der Waals surface area contributed by atoms with Crippen molar-refractivity contribution in [3.8, 4) is 0 Å². The summed E-state index contributed by atoms with van der Waals surface area (Å²) in [5.74, 6) is -2.46. The Morgan fingerprint density at radius 1 is 1.36 bits per heavy atom. The van der Waals surface area contributed by atoms with Crippen LogP contribution >= 0.6 is 0 Å². The molecule has 0 radical (unpaired) electrons. The van der Waals surface area contributed by atoms with Crippen LogP contribution in [0, 0.1) is 5.41 Å². The van der Waals surface area contributed by atoms with Crippen LogP contribution < -0.4 is 0 Å². The lowest BCUT2D eigenvalue weighted by molar-refractivity contribution is 0.00976. The van der Waals surface area contributed by atoms with E-state index in [9.17, 15) is 13.9 Å². The Hall–Kier alpha value is -0.180. The molecule has 0 aromatic heterocycles. The van der Waals surface area contributed by atoms with Crippen LogP contribution in [0.5, 0.6) is 0 Å². The molecule has 64 valence electrons. The number of hydrogen-bond acceptors (Lipinski definition) is 1. The van der Waals surface area contributed by atoms with Gasteiger partial charge in [0.2, 0.25) is 0 Å². The van der Waals surface area contributed by atoms with Gasteiger partial charge in [-0.25, -0.2) is 8.78 Å². The predicted octanol–water partition coefficient (Wildman–Crippen LogP) is 1.95. The second-order valence-corrected chi connectivity index (χ2v) is 3.91. The highest BCUT2D eigenvalue weighted by Gasteiger charge is 2.70. The molecule has 0 saturated heterocycles. The fraction of sp³-hybridized carbons (Fsp3) is 1.00. The monoisotopic (exact) mass is 162 g/mol. The minimum atomic E-state index is -2.46. The summed E-state index contributed by atoms with van der Waals surface area (Å²) in [5.41, 5.74) is -0.787. The molecule has 2 fully saturated rings. The van der Waals surface area contributed by atoms with Gasteiger partial charge in [0.25, 0.3) is 5.92 Å². The normalized spacial score (nSPS) is 47.7. The smallest absolute Gasteiger partial charge is 0.254 e. The Morgan fingerprint density at radius 3 is 2.36 bits per heavy atom. The van der Waals surface area contributed by atoms with Crippen molar-refractivity contribution in [1.82, 2.24) is 0 Å². The Labute approximate surface area is 64.4 Å². The van der Waals surface area contributed by atoms with Gasteiger partial charge in [0.15, 0.2) is 0 Å². The van der Waals surface area contributed by atoms with E-state index < -0.39 is 17.4 Å². The predicted molar refractivity (Wildman–Crippen MR) is 36.5 cm³/mol. The number of hydrogen-bond donors (Lipinski definition) is 1. The molecule has 0 aromatic rings. The number of alkyl halides is 2. The molecule has 1 N–H and O–H groups in total. The van der Waals surface area contributed by atoms with Crippen LogP contribution in [0.15, 0.2) is 0 Å². The molecule has 2 atom stereocenters. The average Bonchev–Trinajstić information content (AvgIpc) is 2.32. The fourth-order valence-corrected chi connectivity index (χ4v) is 2.20. The number of halogens is 2. The third-order valence-corrected chi connectivity index (χ3v) is 3.03. The van der Waals surface area contributed by atoms with E-state index in [1.807, 2.05) is 0 Å². The first-order chi connectivity index (χ1) is 5.06. The molecule has 3 heteroatoms. The Bertz CT molecular complexity index is 181. The summed E-state index contributed by atoms with van der Waals surface area (Å²) in [6.07, 6.45) is 1.93. The second-order valence-electron chi connectivity index (χ2n) is 3.91. The van der Waals surface area contributed by atoms with Crippen LogP contribution in [-0.2, 0) is 0 Å². The van der Waals surface area contributed by atoms with Gasteiger partial charge in [0, 0.05) is 11.8 Å². The molecule has 1 spiro atoms. The summed E-state index contributed by atoms with van der Waals surface area (Å²) in [4.78, 5) is 0. The van der Waals surface area contributed by atoms with Crippen LogP contribution in [0.1, 0.15) is 32.1 Å². The largest absolute Gasteiger partial charge is 0.393 e. The first-order valence-electron chi connectivity index (χ1n) is 4.12. The molecule has 2 saturated carbocycles. The Kier molecular flexibility index (Phi) is 1.32. The molecular weight excluding hydrogens is 150 g/mol. The van der Waals surface area contributed by atoms with Gasteiger partial charge >= 0.3 is 0 Å². The van der Waals surface area contributed by atoms with Crippen molar-refractivity contribution in [2.24, 2.45) is 5.41 Å². The molecule has 0 amide bonds. The zero-order valence-corrected chi connectivity index (χ0v) is 6.32. The number of aliphatic hydroxyl groups is 1. The fourth-order valence-electron chi connectivity index (χ4n) is 2.20. The molecule has 0 aromatic carbocycles. The van der Waals surface area contributed by atoms with Crippen molar-refractivity contribution in [2.75, 3.05) is 0 Å². The number of rotatable bonds is 0. The second kappa shape index (κ2) is 1.94. The van der Waals surface area contributed by atoms with Crippen LogP contribution in [0.25, 0.3) is 0 Å². The third kappa shape index (κ3) is 0.975. The highest BCUT2D eigenvalue weighted by molar-refractivity contribution is 5.11. The lowest BCUT2D eigenvalue weighted by Crippen LogP contribution is -2.24. The summed E-state index contributed by atoms with van der Waals surface area (Å²) in [5, 5.41) is 9.18. The van der Waals surface area contributed by atoms with Crippen LogP contribution in [0.2, 0.25) is 0 Å². The molecule has 11 heavy (non-hydrogen) atoms. The van der Waals surface area contributed by atoms with E-state index in [-0.39, 0.29) is 6.42 Å². The van der Waals surface area contributed by atoms with E-state index in [0.717, 1.165) is 6.42 Å². The molecule has 2 aliphatic rings. The summed E-state index contributed by atoms with van der Waals surface area (Å²) in [6.45, 7) is 0. The Balaban J connectivity index is 2.06. The van der Waals surface area contributed by atoms with E-state index in [2.05, 4.69) is 0 Å². The van der Waals surface area contributed by atoms with Crippen molar-refractivity contribution < 1.29 is 13.9 Å². The zero-order chi connectivity index (χ0) is 8.11. The number of aliphatic hydroxyl groups excluding tert-OH is 1. The zero-order valence-electron chi connectivity index (χ0n) is 6.32. The van der Waals surface area contributed by atoms with E-state index >= 15 is 0 Å². The van der Waals surface area contributed by atoms with Crippen molar-refractivity contribution in [3.05, 3.63) is 0 Å². The quantitative estimate of drug-likeness (QED) is 0.577. The van der Waals surface area contributed by atoms with Crippen molar-refractivity contribution >= 4 is 0 Å². The van der Waals surface area contributed by atoms with E-state index in [4.69, 9.17) is 0 Å². The molecule has 0 heterocycles. The highest BCUT2D eigenvalue weighted by atomic mass is 19.3. The molecule has 2 unspecified atom stereocenters. The highest BCUT2D eigenvalue weighted by Crippen LogP contribution is 2.67. The molecular formula is C8H12F2O. The summed E-state index contributed by atoms with van der Waals surface area (Å²) >= 11 is 0. The summed E-state index contributed by atoms with van der Waals surface area (Å²) in [7, 11) is 0. The summed E-state index contributed by atoms with van der Waals surface area (Å²) in [6, 6.07) is 0. The van der Waals surface area contributed by atoms with Gasteiger partial charge in [-0.3, -0.25) is 0 Å². The third-order valence-electron chi connectivity index (χ3n) is 3.03. The topological polar surface area (TPSA) is 20.2 Å². The maximum Gasteiger partial charge on any atom is 0.254 e. The van der Waals surface area contributed by atoms with Crippen LogP contribution in [0.4, 0.5) is 8.78 Å². The van der Waals surface area contributed by atoms with Gasteiger partial charge in [-0.15, -0.1) is 0 Å². The van der Waals surface area contributed by atoms with Gasteiger partial charge in [0.1, 0.15) is 0 Å². The molecule has 2 aliphatic carbocycles. The van der Waals surface area contributed by atoms with Gasteiger partial charge in [-0.2, -0.15) is 0 Å². The lowest BCUT2D eigenvalue weighted by atomic mass is 9.84. The van der Waals surface area contributed by atoms with Gasteiger partial charge in [0.05, 0.1) is 6.10 Å². The van der Waals surface area contributed by atoms with Gasteiger partial charge in [-0.05, 0) is 19.3 Å². The van der Waals surface area contributed by atoms with Crippen LogP contribution in [-0.4, -0.2) is 17.1 Å². The van der Waals surface area contributed by atoms with E-state index in [1.54, 1.807) is 0 Å². The molecule has 0 bridgehead atoms. The lowest BCUT2D eigenvalue weighted by Gasteiger charge is -2.25. The van der Waals surface area contributed by atoms with Crippen molar-refractivity contribution in [2.45, 2.75) is 44.1 Å². The standard InChI is InChI=1S/C8H12F2O/c9-8(10)5-7(8)3-1-2-6(11)4-7/h6,11H,1-5H2. The van der Waals surface area contributed by atoms with Crippen molar-refractivity contribution in [3.63, 3.8) is 0 Å². The summed E-state index contributed by atoms with van der Waals surface area (Å²) < 4.78 is 25.5. The maximum atomic E-state index is 12.7. The van der Waals surface area contributed by atoms with Gasteiger partial charge < -0.3 is 5.11 Å². The first-order valence-corrected chi connectivity index (χ1v) is 4.12. The maximum absolute atomic E-state index is 12.7. The average molecular weight is 162 g/mol. The van der Waals surface area contributed by atoms with E-state index in [0.29, 0.717) is 19.3 Å². The minimum absolute atomic E-state index is 0.0110. The SMILES string of the molecule is OC1CCCC2(C1)CC2(F)F. The van der Waals surface area contributed by atoms with Gasteiger partial charge in [-0.1, -0.05) is 6.42 Å².